The lowest BCUT2D eigenvalue weighted by Crippen LogP contribution is -2.32. The first-order valence-corrected chi connectivity index (χ1v) is 5.88. The second kappa shape index (κ2) is 4.93. The number of rotatable bonds is 2. The number of amides is 2. The lowest BCUT2D eigenvalue weighted by atomic mass is 10.2. The zero-order chi connectivity index (χ0) is 15.1. The molecule has 5 nitrogen and oxygen atoms in total. The van der Waals surface area contributed by atoms with Crippen LogP contribution in [0.5, 0.6) is 0 Å². The first-order chi connectivity index (χ1) is 9.18. The fourth-order valence-corrected chi connectivity index (χ4v) is 1.99. The zero-order valence-corrected chi connectivity index (χ0v) is 10.9. The van der Waals surface area contributed by atoms with E-state index in [1.807, 2.05) is 0 Å². The first-order valence-electron chi connectivity index (χ1n) is 5.50. The number of halogens is 4. The maximum absolute atomic E-state index is 12.6. The summed E-state index contributed by atoms with van der Waals surface area (Å²) in [5.74, 6) is -1.14. The number of aromatic nitrogens is 1. The maximum Gasteiger partial charge on any atom is 0.416 e. The molecule has 9 heteroatoms. The molecular weight excluding hydrogens is 299 g/mol. The number of anilines is 1. The highest BCUT2D eigenvalue weighted by Gasteiger charge is 2.37. The van der Waals surface area contributed by atoms with Gasteiger partial charge in [-0.1, -0.05) is 11.6 Å². The number of carbonyl (C=O) groups is 2. The number of imide groups is 1. The summed E-state index contributed by atoms with van der Waals surface area (Å²) < 4.78 is 37.9. The molecule has 0 aliphatic carbocycles. The van der Waals surface area contributed by atoms with Crippen LogP contribution >= 0.6 is 11.6 Å². The topological polar surface area (TPSA) is 62.3 Å². The second-order valence-corrected chi connectivity index (χ2v) is 4.64. The van der Waals surface area contributed by atoms with Crippen molar-refractivity contribution in [3.63, 3.8) is 0 Å². The van der Waals surface area contributed by atoms with Crippen molar-refractivity contribution in [1.82, 2.24) is 9.88 Å². The third-order valence-corrected chi connectivity index (χ3v) is 3.02. The number of hydrogen-bond acceptors (Lipinski definition) is 4. The van der Waals surface area contributed by atoms with Crippen molar-refractivity contribution in [2.24, 2.45) is 0 Å². The fourth-order valence-electron chi connectivity index (χ4n) is 1.78. The lowest BCUT2D eigenvalue weighted by Gasteiger charge is -2.14. The van der Waals surface area contributed by atoms with Gasteiger partial charge in [-0.2, -0.15) is 13.2 Å². The Morgan fingerprint density at radius 3 is 2.55 bits per heavy atom. The molecule has 1 N–H and O–H groups in total. The van der Waals surface area contributed by atoms with Gasteiger partial charge in [0.25, 0.3) is 5.91 Å². The number of likely N-dealkylation sites (N-methyl/N-ethyl adjacent to an activating group) is 1. The van der Waals surface area contributed by atoms with Crippen LogP contribution in [0.15, 0.2) is 12.1 Å². The maximum atomic E-state index is 12.6. The molecule has 2 heterocycles. The number of pyridine rings is 1. The van der Waals surface area contributed by atoms with Gasteiger partial charge in [-0.05, 0) is 12.1 Å². The average Bonchev–Trinajstić information content (AvgIpc) is 2.55. The number of nitrogens with zero attached hydrogens (tertiary/aromatic N) is 2. The summed E-state index contributed by atoms with van der Waals surface area (Å²) in [6.45, 7) is 0. The van der Waals surface area contributed by atoms with Crippen LogP contribution in [-0.2, 0) is 15.8 Å². The summed E-state index contributed by atoms with van der Waals surface area (Å²) in [6.07, 6.45) is -4.71. The minimum absolute atomic E-state index is 0.134. The molecule has 2 amide bonds. The fraction of sp³-hybridized carbons (Fsp3) is 0.364. The highest BCUT2D eigenvalue weighted by Crippen LogP contribution is 2.32. The standard InChI is InChI=1S/C11H9ClF3N3O2/c1-18-9(19)4-6(10(18)20)16-8-3-5(11(13,14)15)2-7(12)17-8/h2-3,6H,4H2,1H3,(H,16,17). The van der Waals surface area contributed by atoms with Gasteiger partial charge >= 0.3 is 6.18 Å². The van der Waals surface area contributed by atoms with Crippen molar-refractivity contribution < 1.29 is 22.8 Å². The molecule has 0 saturated carbocycles. The van der Waals surface area contributed by atoms with Crippen molar-refractivity contribution in [1.29, 1.82) is 0 Å². The minimum atomic E-state index is -4.57. The summed E-state index contributed by atoms with van der Waals surface area (Å²) in [5, 5.41) is 2.14. The van der Waals surface area contributed by atoms with Gasteiger partial charge in [-0.15, -0.1) is 0 Å². The molecule has 1 aliphatic heterocycles. The van der Waals surface area contributed by atoms with E-state index in [1.165, 1.54) is 7.05 Å². The van der Waals surface area contributed by atoms with Crippen LogP contribution < -0.4 is 5.32 Å². The minimum Gasteiger partial charge on any atom is -0.358 e. The number of likely N-dealkylation sites (tertiary alicyclic amines) is 1. The van der Waals surface area contributed by atoms with Crippen molar-refractivity contribution >= 4 is 29.2 Å². The molecule has 1 aliphatic rings. The smallest absolute Gasteiger partial charge is 0.358 e. The van der Waals surface area contributed by atoms with Gasteiger partial charge in [0.15, 0.2) is 0 Å². The largest absolute Gasteiger partial charge is 0.416 e. The third-order valence-electron chi connectivity index (χ3n) is 2.83. The van der Waals surface area contributed by atoms with E-state index >= 15 is 0 Å². The molecule has 1 aromatic rings. The van der Waals surface area contributed by atoms with Gasteiger partial charge in [-0.25, -0.2) is 4.98 Å². The molecule has 2 rings (SSSR count). The van der Waals surface area contributed by atoms with Crippen LogP contribution in [0.3, 0.4) is 0 Å². The summed E-state index contributed by atoms with van der Waals surface area (Å²) in [4.78, 5) is 27.5. The normalized spacial score (nSPS) is 19.6. The van der Waals surface area contributed by atoms with Gasteiger partial charge in [-0.3, -0.25) is 14.5 Å². The average molecular weight is 308 g/mol. The number of carbonyl (C=O) groups excluding carboxylic acids is 2. The molecule has 1 unspecified atom stereocenters. The van der Waals surface area contributed by atoms with Gasteiger partial charge in [0.1, 0.15) is 17.0 Å². The van der Waals surface area contributed by atoms with Gasteiger partial charge in [0, 0.05) is 7.05 Å². The highest BCUT2D eigenvalue weighted by molar-refractivity contribution is 6.29. The van der Waals surface area contributed by atoms with Gasteiger partial charge < -0.3 is 5.32 Å². The third kappa shape index (κ3) is 2.84. The van der Waals surface area contributed by atoms with Crippen LogP contribution in [0.4, 0.5) is 19.0 Å². The molecular formula is C11H9ClF3N3O2. The van der Waals surface area contributed by atoms with E-state index < -0.39 is 29.6 Å². The van der Waals surface area contributed by atoms with Crippen LogP contribution in [0.1, 0.15) is 12.0 Å². The van der Waals surface area contributed by atoms with Crippen molar-refractivity contribution in [2.45, 2.75) is 18.6 Å². The summed E-state index contributed by atoms with van der Waals surface area (Å²) in [6, 6.07) is 0.488. The molecule has 0 spiro atoms. The van der Waals surface area contributed by atoms with Gasteiger partial charge in [0.05, 0.1) is 12.0 Å². The SMILES string of the molecule is CN1C(=O)CC(Nc2cc(C(F)(F)F)cc(Cl)n2)C1=O. The molecule has 1 atom stereocenters. The van der Waals surface area contributed by atoms with Crippen molar-refractivity contribution in [3.8, 4) is 0 Å². The Kier molecular flexibility index (Phi) is 3.59. The first kappa shape index (κ1) is 14.6. The second-order valence-electron chi connectivity index (χ2n) is 4.25. The monoisotopic (exact) mass is 307 g/mol. The summed E-state index contributed by atoms with van der Waals surface area (Å²) in [7, 11) is 1.30. The van der Waals surface area contributed by atoms with E-state index in [-0.39, 0.29) is 17.4 Å². The Balaban J connectivity index is 2.25. The van der Waals surface area contributed by atoms with Gasteiger partial charge in [0.2, 0.25) is 5.91 Å². The number of nitrogens with one attached hydrogen (secondary N) is 1. The van der Waals surface area contributed by atoms with E-state index in [0.717, 1.165) is 11.0 Å². The predicted molar refractivity (Wildman–Crippen MR) is 64.1 cm³/mol. The molecule has 1 fully saturated rings. The lowest BCUT2D eigenvalue weighted by molar-refractivity contribution is -0.138. The van der Waals surface area contributed by atoms with E-state index in [9.17, 15) is 22.8 Å². The van der Waals surface area contributed by atoms with E-state index in [1.54, 1.807) is 0 Å². The van der Waals surface area contributed by atoms with Crippen molar-refractivity contribution in [3.05, 3.63) is 22.8 Å². The Bertz CT molecular complexity index is 577. The predicted octanol–water partition coefficient (Wildman–Crippen LogP) is 1.92. The van der Waals surface area contributed by atoms with Crippen molar-refractivity contribution in [2.75, 3.05) is 12.4 Å². The zero-order valence-electron chi connectivity index (χ0n) is 10.2. The Hall–Kier alpha value is -1.83. The highest BCUT2D eigenvalue weighted by atomic mass is 35.5. The molecule has 108 valence electrons. The number of alkyl halides is 3. The molecule has 1 aromatic heterocycles. The molecule has 0 bridgehead atoms. The quantitative estimate of drug-likeness (QED) is 0.670. The number of hydrogen-bond donors (Lipinski definition) is 1. The molecule has 0 aromatic carbocycles. The molecule has 20 heavy (non-hydrogen) atoms. The van der Waals surface area contributed by atoms with Crippen LogP contribution in [0.2, 0.25) is 5.15 Å². The molecule has 0 radical (unpaired) electrons. The Labute approximate surface area is 116 Å². The summed E-state index contributed by atoms with van der Waals surface area (Å²) >= 11 is 5.52. The van der Waals surface area contributed by atoms with E-state index in [0.29, 0.717) is 6.07 Å². The van der Waals surface area contributed by atoms with Crippen LogP contribution in [0, 0.1) is 0 Å². The Morgan fingerprint density at radius 1 is 1.40 bits per heavy atom. The van der Waals surface area contributed by atoms with E-state index in [2.05, 4.69) is 10.3 Å². The van der Waals surface area contributed by atoms with E-state index in [4.69, 9.17) is 11.6 Å². The molecule has 1 saturated heterocycles. The van der Waals surface area contributed by atoms with Crippen LogP contribution in [-0.4, -0.2) is 34.8 Å². The summed E-state index contributed by atoms with van der Waals surface area (Å²) in [5.41, 5.74) is -0.981. The van der Waals surface area contributed by atoms with Crippen LogP contribution in [0.25, 0.3) is 0 Å². The Morgan fingerprint density at radius 2 is 2.05 bits per heavy atom.